The van der Waals surface area contributed by atoms with Crippen molar-refractivity contribution < 1.29 is 9.47 Å². The van der Waals surface area contributed by atoms with Gasteiger partial charge in [-0.05, 0) is 90.4 Å². The first kappa shape index (κ1) is 19.2. The molecule has 1 N–H and O–H groups in total. The van der Waals surface area contributed by atoms with Crippen molar-refractivity contribution in [1.82, 2.24) is 9.97 Å². The molecule has 0 spiro atoms. The monoisotopic (exact) mass is 473 g/mol. The highest BCUT2D eigenvalue weighted by molar-refractivity contribution is 14.1. The minimum absolute atomic E-state index is 0.463. The van der Waals surface area contributed by atoms with E-state index in [1.54, 1.807) is 7.11 Å². The molecule has 3 rings (SSSR count). The van der Waals surface area contributed by atoms with Gasteiger partial charge in [0.2, 0.25) is 0 Å². The van der Waals surface area contributed by atoms with Crippen molar-refractivity contribution in [3.05, 3.63) is 50.4 Å². The molecule has 0 bridgehead atoms. The first-order valence-electron chi connectivity index (χ1n) is 8.56. The summed E-state index contributed by atoms with van der Waals surface area (Å²) in [5, 5.41) is 9.68. The Hall–Kier alpha value is -2.53. The smallest absolute Gasteiger partial charge is 0.174 e. The third-order valence-electron chi connectivity index (χ3n) is 4.32. The average molecular weight is 473 g/mol. The second kappa shape index (κ2) is 8.01. The zero-order chi connectivity index (χ0) is 19.6. The van der Waals surface area contributed by atoms with E-state index < -0.39 is 0 Å². The highest BCUT2D eigenvalue weighted by atomic mass is 127. The maximum Gasteiger partial charge on any atom is 0.174 e. The van der Waals surface area contributed by atoms with Crippen LogP contribution >= 0.6 is 22.6 Å². The third kappa shape index (κ3) is 3.93. The second-order valence-corrected chi connectivity index (χ2v) is 7.34. The summed E-state index contributed by atoms with van der Waals surface area (Å²) in [5.74, 6) is 1.91. The lowest BCUT2D eigenvalue weighted by molar-refractivity contribution is 0.309. The van der Waals surface area contributed by atoms with Crippen LogP contribution in [0.2, 0.25) is 0 Å². The summed E-state index contributed by atoms with van der Waals surface area (Å²) in [5.41, 5.74) is 5.46. The number of fused-ring (bicyclic) bond motifs is 1. The molecule has 27 heavy (non-hydrogen) atoms. The number of nitriles is 1. The van der Waals surface area contributed by atoms with Crippen molar-refractivity contribution in [3.8, 4) is 17.6 Å². The summed E-state index contributed by atoms with van der Waals surface area (Å²) >= 11 is 2.20. The maximum absolute atomic E-state index is 9.68. The van der Waals surface area contributed by atoms with Crippen LogP contribution in [0.5, 0.6) is 11.5 Å². The Kier molecular flexibility index (Phi) is 5.71. The average Bonchev–Trinajstić information content (AvgIpc) is 3.02. The van der Waals surface area contributed by atoms with Gasteiger partial charge in [0.1, 0.15) is 11.9 Å². The molecule has 0 saturated heterocycles. The Balaban J connectivity index is 2.08. The molecule has 0 aliphatic heterocycles. The minimum Gasteiger partial charge on any atom is -0.492 e. The standard InChI is InChI=1S/C21H20IN3O2/c1-5-27-19-10-14(9-16(22)20(19)26-4)8-15(11-23)21-24-17-6-12(2)13(3)7-18(17)25-21/h6-10H,5H2,1-4H3,(H,24,25)/b15-8+. The summed E-state index contributed by atoms with van der Waals surface area (Å²) in [6.07, 6.45) is 1.81. The molecule has 0 aliphatic carbocycles. The van der Waals surface area contributed by atoms with Crippen LogP contribution in [-0.2, 0) is 0 Å². The van der Waals surface area contributed by atoms with Crippen LogP contribution in [-0.4, -0.2) is 23.7 Å². The van der Waals surface area contributed by atoms with Crippen molar-refractivity contribution in [3.63, 3.8) is 0 Å². The van der Waals surface area contributed by atoms with E-state index in [0.717, 1.165) is 20.2 Å². The SMILES string of the molecule is CCOc1cc(/C=C(\C#N)c2nc3cc(C)c(C)cc3[nH]2)cc(I)c1OC. The molecule has 138 valence electrons. The molecule has 3 aromatic rings. The lowest BCUT2D eigenvalue weighted by Gasteiger charge is -2.12. The zero-order valence-electron chi connectivity index (χ0n) is 15.7. The van der Waals surface area contributed by atoms with E-state index >= 15 is 0 Å². The van der Waals surface area contributed by atoms with Gasteiger partial charge in [0.05, 0.1) is 33.9 Å². The molecule has 5 nitrogen and oxygen atoms in total. The van der Waals surface area contributed by atoms with E-state index in [4.69, 9.17) is 9.47 Å². The van der Waals surface area contributed by atoms with Crippen LogP contribution in [0.25, 0.3) is 22.7 Å². The number of hydrogen-bond acceptors (Lipinski definition) is 4. The predicted molar refractivity (Wildman–Crippen MR) is 116 cm³/mol. The molecule has 0 aliphatic rings. The number of imidazole rings is 1. The molecule has 0 unspecified atom stereocenters. The normalized spacial score (nSPS) is 11.5. The minimum atomic E-state index is 0.463. The summed E-state index contributed by atoms with van der Waals surface area (Å²) in [7, 11) is 1.62. The van der Waals surface area contributed by atoms with Gasteiger partial charge in [0.15, 0.2) is 11.5 Å². The highest BCUT2D eigenvalue weighted by Gasteiger charge is 2.13. The summed E-state index contributed by atoms with van der Waals surface area (Å²) in [4.78, 5) is 7.84. The number of nitrogens with zero attached hydrogens (tertiary/aromatic N) is 2. The highest BCUT2D eigenvalue weighted by Crippen LogP contribution is 2.35. The molecular weight excluding hydrogens is 453 g/mol. The quantitative estimate of drug-likeness (QED) is 0.406. The number of aromatic amines is 1. The molecule has 6 heteroatoms. The number of benzene rings is 2. The Bertz CT molecular complexity index is 1040. The van der Waals surface area contributed by atoms with Crippen LogP contribution in [0.4, 0.5) is 0 Å². The van der Waals surface area contributed by atoms with E-state index in [9.17, 15) is 5.26 Å². The van der Waals surface area contributed by atoms with Gasteiger partial charge in [0.25, 0.3) is 0 Å². The Morgan fingerprint density at radius 3 is 2.67 bits per heavy atom. The van der Waals surface area contributed by atoms with E-state index in [1.165, 1.54) is 11.1 Å². The molecule has 0 fully saturated rings. The van der Waals surface area contributed by atoms with Gasteiger partial charge in [-0.25, -0.2) is 4.98 Å². The topological polar surface area (TPSA) is 70.9 Å². The molecule has 1 heterocycles. The van der Waals surface area contributed by atoms with Crippen molar-refractivity contribution in [2.24, 2.45) is 0 Å². The van der Waals surface area contributed by atoms with Gasteiger partial charge in [-0.3, -0.25) is 0 Å². The van der Waals surface area contributed by atoms with Gasteiger partial charge >= 0.3 is 0 Å². The second-order valence-electron chi connectivity index (χ2n) is 6.18. The van der Waals surface area contributed by atoms with Crippen molar-refractivity contribution in [2.75, 3.05) is 13.7 Å². The zero-order valence-corrected chi connectivity index (χ0v) is 17.8. The summed E-state index contributed by atoms with van der Waals surface area (Å²) in [6.45, 7) is 6.57. The van der Waals surface area contributed by atoms with Crippen LogP contribution in [0.1, 0.15) is 29.4 Å². The molecule has 0 radical (unpaired) electrons. The summed E-state index contributed by atoms with van der Waals surface area (Å²) < 4.78 is 12.0. The maximum atomic E-state index is 9.68. The number of aromatic nitrogens is 2. The molecule has 1 aromatic heterocycles. The fourth-order valence-electron chi connectivity index (χ4n) is 2.85. The van der Waals surface area contributed by atoms with Crippen molar-refractivity contribution >= 4 is 45.3 Å². The number of hydrogen-bond donors (Lipinski definition) is 1. The molecular formula is C21H20IN3O2. The predicted octanol–water partition coefficient (Wildman–Crippen LogP) is 5.26. The van der Waals surface area contributed by atoms with E-state index in [-0.39, 0.29) is 0 Å². The number of nitrogens with one attached hydrogen (secondary N) is 1. The number of H-pyrrole nitrogens is 1. The van der Waals surface area contributed by atoms with Crippen LogP contribution in [0.3, 0.4) is 0 Å². The van der Waals surface area contributed by atoms with E-state index in [1.807, 2.05) is 31.2 Å². The van der Waals surface area contributed by atoms with Crippen molar-refractivity contribution in [2.45, 2.75) is 20.8 Å². The summed E-state index contributed by atoms with van der Waals surface area (Å²) in [6, 6.07) is 10.2. The first-order valence-corrected chi connectivity index (χ1v) is 9.64. The number of rotatable bonds is 5. The number of allylic oxidation sites excluding steroid dienone is 1. The van der Waals surface area contributed by atoms with Gasteiger partial charge in [-0.2, -0.15) is 5.26 Å². The molecule has 2 aromatic carbocycles. The lowest BCUT2D eigenvalue weighted by atomic mass is 10.1. The van der Waals surface area contributed by atoms with Crippen molar-refractivity contribution in [1.29, 1.82) is 5.26 Å². The number of halogens is 1. The van der Waals surface area contributed by atoms with Gasteiger partial charge < -0.3 is 14.5 Å². The number of methoxy groups -OCH3 is 1. The van der Waals surface area contributed by atoms with Crippen LogP contribution < -0.4 is 9.47 Å². The fraction of sp³-hybridized carbons (Fsp3) is 0.238. The Morgan fingerprint density at radius 2 is 2.00 bits per heavy atom. The number of aryl methyl sites for hydroxylation is 2. The first-order chi connectivity index (χ1) is 13.0. The number of ether oxygens (including phenoxy) is 2. The Morgan fingerprint density at radius 1 is 1.26 bits per heavy atom. The van der Waals surface area contributed by atoms with Gasteiger partial charge in [0, 0.05) is 0 Å². The third-order valence-corrected chi connectivity index (χ3v) is 5.12. The largest absolute Gasteiger partial charge is 0.492 e. The van der Waals surface area contributed by atoms with E-state index in [0.29, 0.717) is 29.5 Å². The fourth-order valence-corrected chi connectivity index (χ4v) is 3.70. The van der Waals surface area contributed by atoms with Gasteiger partial charge in [-0.1, -0.05) is 0 Å². The molecule has 0 amide bonds. The molecule has 0 saturated carbocycles. The van der Waals surface area contributed by atoms with E-state index in [2.05, 4.69) is 58.5 Å². The molecule has 0 atom stereocenters. The van der Waals surface area contributed by atoms with Crippen LogP contribution in [0.15, 0.2) is 24.3 Å². The Labute approximate surface area is 172 Å². The lowest BCUT2D eigenvalue weighted by Crippen LogP contribution is -1.98. The van der Waals surface area contributed by atoms with Crippen LogP contribution in [0, 0.1) is 28.7 Å². The van der Waals surface area contributed by atoms with Gasteiger partial charge in [-0.15, -0.1) is 0 Å².